The maximum Gasteiger partial charge on any atom is 0.164 e. The zero-order valence-electron chi connectivity index (χ0n) is 15.9. The lowest BCUT2D eigenvalue weighted by Crippen LogP contribution is -2.53. The monoisotopic (exact) mass is 366 g/mol. The van der Waals surface area contributed by atoms with E-state index in [1.807, 2.05) is 13.0 Å². The van der Waals surface area contributed by atoms with E-state index in [-0.39, 0.29) is 12.3 Å². The number of hydrogen-bond donors (Lipinski definition) is 1. The maximum absolute atomic E-state index is 15.5. The molecule has 5 nitrogen and oxygen atoms in total. The molecule has 0 radical (unpaired) electrons. The molecule has 0 amide bonds. The van der Waals surface area contributed by atoms with Gasteiger partial charge in [0.05, 0.1) is 33.5 Å². The van der Waals surface area contributed by atoms with E-state index in [4.69, 9.17) is 18.9 Å². The number of hydrogen-bond acceptors (Lipinski definition) is 5. The molecule has 2 unspecified atom stereocenters. The molecular formula is C20H27FO5. The van der Waals surface area contributed by atoms with Gasteiger partial charge in [-0.2, -0.15) is 0 Å². The Morgan fingerprint density at radius 2 is 1.73 bits per heavy atom. The second-order valence-corrected chi connectivity index (χ2v) is 7.26. The maximum atomic E-state index is 15.5. The van der Waals surface area contributed by atoms with Gasteiger partial charge in [0.15, 0.2) is 11.5 Å². The van der Waals surface area contributed by atoms with Crippen LogP contribution in [-0.4, -0.2) is 44.3 Å². The van der Waals surface area contributed by atoms with Crippen molar-refractivity contribution in [2.45, 2.75) is 50.7 Å². The van der Waals surface area contributed by atoms with Crippen LogP contribution in [0.3, 0.4) is 0 Å². The van der Waals surface area contributed by atoms with Crippen molar-refractivity contribution in [2.24, 2.45) is 5.92 Å². The smallest absolute Gasteiger partial charge is 0.164 e. The van der Waals surface area contributed by atoms with Crippen LogP contribution in [0.15, 0.2) is 23.8 Å². The van der Waals surface area contributed by atoms with Gasteiger partial charge in [0.2, 0.25) is 0 Å². The Morgan fingerprint density at radius 3 is 2.35 bits per heavy atom. The van der Waals surface area contributed by atoms with E-state index in [2.05, 4.69) is 0 Å². The largest absolute Gasteiger partial charge is 0.496 e. The number of fused-ring (bicyclic) bond motifs is 1. The van der Waals surface area contributed by atoms with Gasteiger partial charge < -0.3 is 24.1 Å². The Bertz CT molecular complexity index is 700. The Balaban J connectivity index is 2.01. The fraction of sp³-hybridized carbons (Fsp3) is 0.600. The standard InChI is InChI=1S/C20H27FO5/c1-11-6-7-13-19(18(11)22)26-17(10-20(13,2)21)12-8-15(24-4)16(25-5)9-14(12)23-3/h6,8-9,13,17-19,22H,7,10H2,1-5H3/t13-,17?,18-,19-,20?/m1/s1. The van der Waals surface area contributed by atoms with Crippen LogP contribution in [-0.2, 0) is 4.74 Å². The Kier molecular flexibility index (Phi) is 5.17. The lowest BCUT2D eigenvalue weighted by atomic mass is 9.71. The fourth-order valence-electron chi connectivity index (χ4n) is 4.04. The predicted molar refractivity (Wildman–Crippen MR) is 95.7 cm³/mol. The van der Waals surface area contributed by atoms with Crippen LogP contribution in [0.5, 0.6) is 17.2 Å². The first-order valence-electron chi connectivity index (χ1n) is 8.81. The molecule has 0 bridgehead atoms. The summed E-state index contributed by atoms with van der Waals surface area (Å²) < 4.78 is 37.9. The summed E-state index contributed by atoms with van der Waals surface area (Å²) in [6, 6.07) is 3.47. The molecule has 1 fully saturated rings. The molecule has 1 N–H and O–H groups in total. The Labute approximate surface area is 153 Å². The molecule has 26 heavy (non-hydrogen) atoms. The number of alkyl halides is 1. The summed E-state index contributed by atoms with van der Waals surface area (Å²) in [5.41, 5.74) is 0.0399. The molecular weight excluding hydrogens is 339 g/mol. The minimum absolute atomic E-state index is 0.180. The molecule has 1 aliphatic heterocycles. The van der Waals surface area contributed by atoms with Crippen molar-refractivity contribution in [2.75, 3.05) is 21.3 Å². The van der Waals surface area contributed by atoms with Gasteiger partial charge in [-0.15, -0.1) is 0 Å². The molecule has 1 saturated heterocycles. The van der Waals surface area contributed by atoms with E-state index < -0.39 is 24.0 Å². The summed E-state index contributed by atoms with van der Waals surface area (Å²) in [5.74, 6) is 1.22. The highest BCUT2D eigenvalue weighted by Gasteiger charge is 2.51. The molecule has 5 atom stereocenters. The molecule has 144 valence electrons. The topological polar surface area (TPSA) is 57.2 Å². The zero-order chi connectivity index (χ0) is 19.1. The molecule has 0 spiro atoms. The van der Waals surface area contributed by atoms with Crippen LogP contribution < -0.4 is 14.2 Å². The molecule has 1 aromatic carbocycles. The Morgan fingerprint density at radius 1 is 1.12 bits per heavy atom. The van der Waals surface area contributed by atoms with E-state index in [1.165, 1.54) is 0 Å². The summed E-state index contributed by atoms with van der Waals surface area (Å²) in [6.45, 7) is 3.44. The number of aliphatic hydroxyl groups is 1. The van der Waals surface area contributed by atoms with E-state index in [9.17, 15) is 5.11 Å². The lowest BCUT2D eigenvalue weighted by molar-refractivity contribution is -0.184. The van der Waals surface area contributed by atoms with Gasteiger partial charge in [0.1, 0.15) is 17.5 Å². The first-order valence-corrected chi connectivity index (χ1v) is 8.81. The van der Waals surface area contributed by atoms with Crippen LogP contribution in [0.25, 0.3) is 0 Å². The van der Waals surface area contributed by atoms with Crippen molar-refractivity contribution >= 4 is 0 Å². The van der Waals surface area contributed by atoms with E-state index in [0.29, 0.717) is 29.2 Å². The van der Waals surface area contributed by atoms with Crippen molar-refractivity contribution in [3.63, 3.8) is 0 Å². The van der Waals surface area contributed by atoms with Crippen molar-refractivity contribution in [3.8, 4) is 17.2 Å². The van der Waals surface area contributed by atoms with Crippen LogP contribution in [0.1, 0.15) is 38.4 Å². The molecule has 1 heterocycles. The highest BCUT2D eigenvalue weighted by Crippen LogP contribution is 2.50. The second-order valence-electron chi connectivity index (χ2n) is 7.26. The number of benzene rings is 1. The molecule has 0 saturated carbocycles. The lowest BCUT2D eigenvalue weighted by Gasteiger charge is -2.48. The summed E-state index contributed by atoms with van der Waals surface area (Å²) >= 11 is 0. The minimum atomic E-state index is -1.47. The predicted octanol–water partition coefficient (Wildman–Crippen LogP) is 3.60. The third kappa shape index (κ3) is 3.16. The first-order chi connectivity index (χ1) is 12.3. The first kappa shape index (κ1) is 19.0. The number of aliphatic hydroxyl groups excluding tert-OH is 1. The second kappa shape index (κ2) is 7.08. The van der Waals surface area contributed by atoms with Gasteiger partial charge in [-0.25, -0.2) is 4.39 Å². The molecule has 3 rings (SSSR count). The van der Waals surface area contributed by atoms with Crippen LogP contribution >= 0.6 is 0 Å². The van der Waals surface area contributed by atoms with Crippen LogP contribution in [0.2, 0.25) is 0 Å². The number of methoxy groups -OCH3 is 3. The van der Waals surface area contributed by atoms with E-state index >= 15 is 4.39 Å². The van der Waals surface area contributed by atoms with Gasteiger partial charge in [0, 0.05) is 24.0 Å². The normalized spacial score (nSPS) is 33.9. The SMILES string of the molecule is COc1cc(OC)c(C2CC(C)(F)[C@@H]3CC=C(C)[C@@H](O)[C@@H]3O2)cc1OC. The highest BCUT2D eigenvalue weighted by molar-refractivity contribution is 5.51. The van der Waals surface area contributed by atoms with Crippen molar-refractivity contribution in [1.29, 1.82) is 0 Å². The van der Waals surface area contributed by atoms with Gasteiger partial charge in [-0.05, 0) is 31.9 Å². The summed E-state index contributed by atoms with van der Waals surface area (Å²) in [4.78, 5) is 0. The third-order valence-corrected chi connectivity index (χ3v) is 5.63. The van der Waals surface area contributed by atoms with Gasteiger partial charge in [-0.3, -0.25) is 0 Å². The quantitative estimate of drug-likeness (QED) is 0.825. The zero-order valence-corrected chi connectivity index (χ0v) is 15.9. The minimum Gasteiger partial charge on any atom is -0.496 e. The number of rotatable bonds is 4. The molecule has 1 aliphatic carbocycles. The van der Waals surface area contributed by atoms with Crippen molar-refractivity contribution < 1.29 is 28.4 Å². The Hall–Kier alpha value is -1.79. The van der Waals surface area contributed by atoms with Crippen molar-refractivity contribution in [3.05, 3.63) is 29.3 Å². The van der Waals surface area contributed by atoms with Crippen LogP contribution in [0.4, 0.5) is 4.39 Å². The molecule has 6 heteroatoms. The van der Waals surface area contributed by atoms with E-state index in [0.717, 1.165) is 5.57 Å². The fourth-order valence-corrected chi connectivity index (χ4v) is 4.04. The summed E-state index contributed by atoms with van der Waals surface area (Å²) in [5, 5.41) is 10.5. The van der Waals surface area contributed by atoms with Gasteiger partial charge >= 0.3 is 0 Å². The number of halogens is 1. The van der Waals surface area contributed by atoms with Gasteiger partial charge in [0.25, 0.3) is 0 Å². The van der Waals surface area contributed by atoms with Crippen molar-refractivity contribution in [1.82, 2.24) is 0 Å². The molecule has 1 aromatic rings. The molecule has 0 aromatic heterocycles. The summed E-state index contributed by atoms with van der Waals surface area (Å²) in [6.07, 6.45) is 0.700. The average Bonchev–Trinajstić information content (AvgIpc) is 2.62. The third-order valence-electron chi connectivity index (χ3n) is 5.63. The molecule has 2 aliphatic rings. The average molecular weight is 366 g/mol. The summed E-state index contributed by atoms with van der Waals surface area (Å²) in [7, 11) is 4.64. The van der Waals surface area contributed by atoms with E-state index in [1.54, 1.807) is 40.4 Å². The van der Waals surface area contributed by atoms with Crippen LogP contribution in [0, 0.1) is 5.92 Å². The number of ether oxygens (including phenoxy) is 4. The highest BCUT2D eigenvalue weighted by atomic mass is 19.1. The van der Waals surface area contributed by atoms with Gasteiger partial charge in [-0.1, -0.05) is 6.08 Å². The number of allylic oxidation sites excluding steroid dienone is 1.